The maximum atomic E-state index is 12.5. The second-order valence-electron chi connectivity index (χ2n) is 8.17. The number of amides is 1. The molecule has 0 radical (unpaired) electrons. The van der Waals surface area contributed by atoms with Crippen LogP contribution >= 0.6 is 11.5 Å². The highest BCUT2D eigenvalue weighted by atomic mass is 32.1. The first-order chi connectivity index (χ1) is 14.8. The van der Waals surface area contributed by atoms with E-state index in [2.05, 4.69) is 26.7 Å². The summed E-state index contributed by atoms with van der Waals surface area (Å²) in [6.45, 7) is 7.54. The van der Waals surface area contributed by atoms with Crippen molar-refractivity contribution in [3.05, 3.63) is 41.7 Å². The molecule has 3 heterocycles. The SMILES string of the molecule is O=C(NCCC[NH+]1CCOCC1)C1CCN(c2nc(Cc3ccccc3)ns2)CC1. The molecule has 0 atom stereocenters. The normalized spacial score (nSPS) is 18.5. The molecule has 0 saturated carbocycles. The summed E-state index contributed by atoms with van der Waals surface area (Å²) in [5.41, 5.74) is 1.23. The molecule has 1 amide bonds. The third kappa shape index (κ3) is 6.00. The number of ether oxygens (including phenoxy) is 1. The van der Waals surface area contributed by atoms with E-state index in [1.807, 2.05) is 18.2 Å². The number of aromatic nitrogens is 2. The fourth-order valence-electron chi connectivity index (χ4n) is 4.16. The van der Waals surface area contributed by atoms with E-state index in [0.717, 1.165) is 89.1 Å². The van der Waals surface area contributed by atoms with Crippen LogP contribution < -0.4 is 15.1 Å². The van der Waals surface area contributed by atoms with Crippen molar-refractivity contribution < 1.29 is 14.4 Å². The van der Waals surface area contributed by atoms with E-state index in [1.54, 1.807) is 4.90 Å². The predicted molar refractivity (Wildman–Crippen MR) is 118 cm³/mol. The number of hydrogen-bond acceptors (Lipinski definition) is 6. The van der Waals surface area contributed by atoms with E-state index < -0.39 is 0 Å². The number of morpholine rings is 1. The lowest BCUT2D eigenvalue weighted by atomic mass is 9.96. The van der Waals surface area contributed by atoms with Crippen molar-refractivity contribution in [1.29, 1.82) is 0 Å². The monoisotopic (exact) mass is 430 g/mol. The highest BCUT2D eigenvalue weighted by molar-refractivity contribution is 7.09. The molecule has 30 heavy (non-hydrogen) atoms. The molecule has 7 nitrogen and oxygen atoms in total. The van der Waals surface area contributed by atoms with E-state index in [-0.39, 0.29) is 11.8 Å². The predicted octanol–water partition coefficient (Wildman–Crippen LogP) is 0.767. The van der Waals surface area contributed by atoms with Crippen molar-refractivity contribution in [2.24, 2.45) is 5.92 Å². The number of hydrogen-bond donors (Lipinski definition) is 2. The second kappa shape index (κ2) is 10.8. The maximum Gasteiger partial charge on any atom is 0.223 e. The smallest absolute Gasteiger partial charge is 0.223 e. The molecule has 2 aliphatic heterocycles. The molecule has 4 rings (SSSR count). The molecular formula is C22H32N5O2S+. The Hall–Kier alpha value is -2.03. The Morgan fingerprint density at radius 1 is 1.20 bits per heavy atom. The van der Waals surface area contributed by atoms with Gasteiger partial charge in [-0.1, -0.05) is 30.3 Å². The minimum absolute atomic E-state index is 0.119. The van der Waals surface area contributed by atoms with Gasteiger partial charge in [0.1, 0.15) is 18.9 Å². The number of piperidine rings is 1. The molecule has 0 unspecified atom stereocenters. The molecule has 2 aromatic rings. The minimum atomic E-state index is 0.119. The molecule has 1 aromatic carbocycles. The van der Waals surface area contributed by atoms with Crippen molar-refractivity contribution in [2.45, 2.75) is 25.7 Å². The van der Waals surface area contributed by atoms with Gasteiger partial charge < -0.3 is 19.9 Å². The molecule has 2 N–H and O–H groups in total. The molecule has 0 aliphatic carbocycles. The van der Waals surface area contributed by atoms with Gasteiger partial charge in [0, 0.05) is 49.9 Å². The Balaban J connectivity index is 1.16. The molecule has 2 aliphatic rings. The van der Waals surface area contributed by atoms with Crippen LogP contribution in [0.4, 0.5) is 5.13 Å². The van der Waals surface area contributed by atoms with Gasteiger partial charge in [0.05, 0.1) is 19.8 Å². The lowest BCUT2D eigenvalue weighted by Crippen LogP contribution is -3.14. The third-order valence-electron chi connectivity index (χ3n) is 6.00. The highest BCUT2D eigenvalue weighted by Gasteiger charge is 2.26. The quantitative estimate of drug-likeness (QED) is 0.606. The maximum absolute atomic E-state index is 12.5. The summed E-state index contributed by atoms with van der Waals surface area (Å²) in [5, 5.41) is 4.13. The van der Waals surface area contributed by atoms with Gasteiger partial charge in [-0.15, -0.1) is 0 Å². The summed E-state index contributed by atoms with van der Waals surface area (Å²) in [7, 11) is 0. The van der Waals surface area contributed by atoms with Gasteiger partial charge >= 0.3 is 0 Å². The van der Waals surface area contributed by atoms with Crippen LogP contribution in [0.15, 0.2) is 30.3 Å². The standard InChI is InChI=1S/C22H31N5O2S/c28-21(23-9-4-10-26-13-15-29-16-14-26)19-7-11-27(12-8-19)22-24-20(25-30-22)17-18-5-2-1-3-6-18/h1-3,5-6,19H,4,7-17H2,(H,23,28)/p+1. The number of carbonyl (C=O) groups excluding carboxylic acids is 1. The van der Waals surface area contributed by atoms with Gasteiger partial charge in [-0.3, -0.25) is 4.79 Å². The molecule has 162 valence electrons. The molecular weight excluding hydrogens is 398 g/mol. The topological polar surface area (TPSA) is 71.8 Å². The number of rotatable bonds is 8. The van der Waals surface area contributed by atoms with Crippen molar-refractivity contribution in [3.63, 3.8) is 0 Å². The van der Waals surface area contributed by atoms with Crippen molar-refractivity contribution in [1.82, 2.24) is 14.7 Å². The highest BCUT2D eigenvalue weighted by Crippen LogP contribution is 2.25. The van der Waals surface area contributed by atoms with E-state index in [9.17, 15) is 4.79 Å². The number of nitrogens with one attached hydrogen (secondary N) is 2. The summed E-state index contributed by atoms with van der Waals surface area (Å²) >= 11 is 1.47. The fraction of sp³-hybridized carbons (Fsp3) is 0.591. The molecule has 0 spiro atoms. The zero-order valence-corrected chi connectivity index (χ0v) is 18.3. The first kappa shape index (κ1) is 21.2. The van der Waals surface area contributed by atoms with E-state index in [1.165, 1.54) is 17.1 Å². The van der Waals surface area contributed by atoms with E-state index in [4.69, 9.17) is 9.72 Å². The van der Waals surface area contributed by atoms with Gasteiger partial charge in [0.25, 0.3) is 0 Å². The molecule has 2 fully saturated rings. The van der Waals surface area contributed by atoms with Crippen molar-refractivity contribution in [2.75, 3.05) is 57.4 Å². The molecule has 0 bridgehead atoms. The number of nitrogens with zero attached hydrogens (tertiary/aromatic N) is 3. The summed E-state index contributed by atoms with van der Waals surface area (Å²) in [4.78, 5) is 21.1. The van der Waals surface area contributed by atoms with Gasteiger partial charge in [-0.2, -0.15) is 4.37 Å². The lowest BCUT2D eigenvalue weighted by Gasteiger charge is -2.30. The summed E-state index contributed by atoms with van der Waals surface area (Å²) in [5.74, 6) is 1.21. The van der Waals surface area contributed by atoms with Crippen LogP contribution in [0.3, 0.4) is 0 Å². The Morgan fingerprint density at radius 3 is 2.73 bits per heavy atom. The van der Waals surface area contributed by atoms with Crippen LogP contribution in [0.1, 0.15) is 30.7 Å². The van der Waals surface area contributed by atoms with Crippen LogP contribution in [0.2, 0.25) is 0 Å². The van der Waals surface area contributed by atoms with Gasteiger partial charge in [-0.25, -0.2) is 4.98 Å². The van der Waals surface area contributed by atoms with Crippen LogP contribution in [0.25, 0.3) is 0 Å². The number of anilines is 1. The zero-order chi connectivity index (χ0) is 20.6. The number of quaternary nitrogens is 1. The van der Waals surface area contributed by atoms with Crippen molar-refractivity contribution in [3.8, 4) is 0 Å². The van der Waals surface area contributed by atoms with Crippen LogP contribution in [0.5, 0.6) is 0 Å². The first-order valence-electron chi connectivity index (χ1n) is 11.1. The minimum Gasteiger partial charge on any atom is -0.370 e. The Kier molecular flexibility index (Phi) is 7.66. The Labute approximate surface area is 182 Å². The Bertz CT molecular complexity index is 786. The Morgan fingerprint density at radius 2 is 1.97 bits per heavy atom. The second-order valence-corrected chi connectivity index (χ2v) is 8.90. The number of benzene rings is 1. The largest absolute Gasteiger partial charge is 0.370 e. The third-order valence-corrected chi connectivity index (χ3v) is 6.82. The van der Waals surface area contributed by atoms with Crippen molar-refractivity contribution >= 4 is 22.6 Å². The average molecular weight is 431 g/mol. The summed E-state index contributed by atoms with van der Waals surface area (Å²) in [6, 6.07) is 10.3. The van der Waals surface area contributed by atoms with Gasteiger partial charge in [-0.05, 0) is 18.4 Å². The molecule has 1 aromatic heterocycles. The zero-order valence-electron chi connectivity index (χ0n) is 17.5. The molecule has 8 heteroatoms. The first-order valence-corrected chi connectivity index (χ1v) is 11.9. The van der Waals surface area contributed by atoms with E-state index in [0.29, 0.717) is 0 Å². The summed E-state index contributed by atoms with van der Waals surface area (Å²) < 4.78 is 9.92. The number of carbonyl (C=O) groups is 1. The summed E-state index contributed by atoms with van der Waals surface area (Å²) in [6.07, 6.45) is 3.57. The van der Waals surface area contributed by atoms with Crippen LogP contribution in [-0.4, -0.2) is 67.7 Å². The van der Waals surface area contributed by atoms with E-state index >= 15 is 0 Å². The fourth-order valence-corrected chi connectivity index (χ4v) is 4.90. The van der Waals surface area contributed by atoms with Crippen LogP contribution in [-0.2, 0) is 16.0 Å². The van der Waals surface area contributed by atoms with Crippen LogP contribution in [0, 0.1) is 5.92 Å². The lowest BCUT2D eigenvalue weighted by molar-refractivity contribution is -0.908. The average Bonchev–Trinajstić information content (AvgIpc) is 3.26. The molecule has 2 saturated heterocycles. The van der Waals surface area contributed by atoms with Gasteiger partial charge in [0.15, 0.2) is 0 Å². The van der Waals surface area contributed by atoms with Gasteiger partial charge in [0.2, 0.25) is 11.0 Å².